The molecule has 3 heterocycles. The number of nitriles is 1. The average Bonchev–Trinajstić information content (AvgIpc) is 2.55. The molecule has 1 aromatic heterocycles. The van der Waals surface area contributed by atoms with Crippen LogP contribution in [0.3, 0.4) is 0 Å². The summed E-state index contributed by atoms with van der Waals surface area (Å²) in [5.74, 6) is 0.597. The predicted octanol–water partition coefficient (Wildman–Crippen LogP) is 0.652. The maximum atomic E-state index is 11.5. The molecule has 0 amide bonds. The Morgan fingerprint density at radius 1 is 1.14 bits per heavy atom. The van der Waals surface area contributed by atoms with Crippen LogP contribution in [0.15, 0.2) is 18.3 Å². The van der Waals surface area contributed by atoms with Crippen LogP contribution in [0, 0.1) is 11.3 Å². The van der Waals surface area contributed by atoms with Gasteiger partial charge in [-0.3, -0.25) is 4.90 Å². The third kappa shape index (κ3) is 3.39. The Balaban J connectivity index is 1.55. The van der Waals surface area contributed by atoms with Gasteiger partial charge < -0.3 is 4.90 Å². The number of hydrogen-bond acceptors (Lipinski definition) is 6. The summed E-state index contributed by atoms with van der Waals surface area (Å²) >= 11 is 0. The lowest BCUT2D eigenvalue weighted by Gasteiger charge is -2.40. The molecule has 1 aromatic rings. The first kappa shape index (κ1) is 15.3. The Labute approximate surface area is 131 Å². The zero-order valence-corrected chi connectivity index (χ0v) is 13.3. The molecule has 2 saturated heterocycles. The van der Waals surface area contributed by atoms with Crippen molar-refractivity contribution in [3.05, 3.63) is 24.0 Å². The minimum absolute atomic E-state index is 0.298. The van der Waals surface area contributed by atoms with Crippen LogP contribution >= 0.6 is 0 Å². The van der Waals surface area contributed by atoms with E-state index >= 15 is 0 Å². The van der Waals surface area contributed by atoms with E-state index in [-0.39, 0.29) is 0 Å². The topological polar surface area (TPSA) is 77.3 Å². The van der Waals surface area contributed by atoms with E-state index in [1.807, 2.05) is 12.1 Å². The predicted molar refractivity (Wildman–Crippen MR) is 84.4 cm³/mol. The van der Waals surface area contributed by atoms with Crippen molar-refractivity contribution in [2.75, 3.05) is 42.6 Å². The second kappa shape index (κ2) is 6.23. The summed E-state index contributed by atoms with van der Waals surface area (Å²) in [6, 6.07) is 6.20. The van der Waals surface area contributed by atoms with E-state index in [0.29, 0.717) is 36.3 Å². The number of hydrogen-bond donors (Lipinski definition) is 0. The minimum atomic E-state index is -2.80. The molecule has 0 radical (unpaired) electrons. The van der Waals surface area contributed by atoms with E-state index < -0.39 is 9.84 Å². The Kier molecular flexibility index (Phi) is 4.32. The number of nitrogens with zero attached hydrogens (tertiary/aromatic N) is 4. The quantitative estimate of drug-likeness (QED) is 0.796. The molecule has 0 atom stereocenters. The van der Waals surface area contributed by atoms with E-state index in [4.69, 9.17) is 5.26 Å². The Bertz CT molecular complexity index is 644. The van der Waals surface area contributed by atoms with E-state index in [1.54, 1.807) is 12.3 Å². The molecule has 6 nitrogen and oxygen atoms in total. The molecule has 2 fully saturated rings. The molecule has 7 heteroatoms. The normalized spacial score (nSPS) is 23.1. The fraction of sp³-hybridized carbons (Fsp3) is 0.600. The Hall–Kier alpha value is -1.65. The van der Waals surface area contributed by atoms with Crippen LogP contribution in [0.2, 0.25) is 0 Å². The molecular formula is C15H20N4O2S. The van der Waals surface area contributed by atoms with Gasteiger partial charge in [0.1, 0.15) is 11.8 Å². The molecule has 3 rings (SSSR count). The third-order valence-electron chi connectivity index (χ3n) is 4.59. The van der Waals surface area contributed by atoms with Crippen molar-refractivity contribution in [1.82, 2.24) is 9.88 Å². The molecule has 2 aliphatic heterocycles. The summed E-state index contributed by atoms with van der Waals surface area (Å²) < 4.78 is 23.0. The zero-order chi connectivity index (χ0) is 15.6. The van der Waals surface area contributed by atoms with Gasteiger partial charge in [-0.25, -0.2) is 13.4 Å². The summed E-state index contributed by atoms with van der Waals surface area (Å²) in [6.07, 6.45) is 3.84. The molecule has 22 heavy (non-hydrogen) atoms. The maximum Gasteiger partial charge on any atom is 0.152 e. The van der Waals surface area contributed by atoms with Crippen molar-refractivity contribution in [3.8, 4) is 6.07 Å². The van der Waals surface area contributed by atoms with Crippen LogP contribution in [-0.4, -0.2) is 62.0 Å². The molecule has 2 aliphatic rings. The summed E-state index contributed by atoms with van der Waals surface area (Å²) in [5.41, 5.74) is 1.49. The molecule has 118 valence electrons. The summed E-state index contributed by atoms with van der Waals surface area (Å²) in [7, 11) is -2.80. The van der Waals surface area contributed by atoms with Gasteiger partial charge in [0.2, 0.25) is 0 Å². The number of sulfone groups is 1. The first-order chi connectivity index (χ1) is 10.6. The highest BCUT2D eigenvalue weighted by Crippen LogP contribution is 2.23. The van der Waals surface area contributed by atoms with Crippen LogP contribution in [0.5, 0.6) is 0 Å². The number of pyridine rings is 1. The van der Waals surface area contributed by atoms with E-state index in [1.165, 1.54) is 0 Å². The Morgan fingerprint density at radius 2 is 1.82 bits per heavy atom. The standard InChI is InChI=1S/C15H20N4O2S/c16-11-13-1-2-15(12-17-13)18-5-3-14(4-6-18)19-7-9-22(20,21)10-8-19/h1-2,12,14H,3-10H2. The van der Waals surface area contributed by atoms with Gasteiger partial charge in [-0.1, -0.05) is 0 Å². The van der Waals surface area contributed by atoms with Gasteiger partial charge in [0, 0.05) is 32.2 Å². The Morgan fingerprint density at radius 3 is 2.36 bits per heavy atom. The van der Waals surface area contributed by atoms with Gasteiger partial charge in [0.15, 0.2) is 9.84 Å². The van der Waals surface area contributed by atoms with E-state index in [2.05, 4.69) is 14.8 Å². The fourth-order valence-corrected chi connectivity index (χ4v) is 4.45. The number of piperidine rings is 1. The number of aromatic nitrogens is 1. The molecule has 0 spiro atoms. The average molecular weight is 320 g/mol. The van der Waals surface area contributed by atoms with Crippen molar-refractivity contribution < 1.29 is 8.42 Å². The monoisotopic (exact) mass is 320 g/mol. The van der Waals surface area contributed by atoms with Crippen molar-refractivity contribution in [2.24, 2.45) is 0 Å². The van der Waals surface area contributed by atoms with Gasteiger partial charge >= 0.3 is 0 Å². The van der Waals surface area contributed by atoms with Crippen LogP contribution in [0.25, 0.3) is 0 Å². The SMILES string of the molecule is N#Cc1ccc(N2CCC(N3CCS(=O)(=O)CC3)CC2)cn1. The van der Waals surface area contributed by atoms with Crippen molar-refractivity contribution in [3.63, 3.8) is 0 Å². The van der Waals surface area contributed by atoms with Crippen LogP contribution < -0.4 is 4.90 Å². The van der Waals surface area contributed by atoms with E-state index in [0.717, 1.165) is 31.6 Å². The third-order valence-corrected chi connectivity index (χ3v) is 6.20. The van der Waals surface area contributed by atoms with E-state index in [9.17, 15) is 8.42 Å². The summed E-state index contributed by atoms with van der Waals surface area (Å²) in [4.78, 5) is 8.73. The highest BCUT2D eigenvalue weighted by Gasteiger charge is 2.29. The molecular weight excluding hydrogens is 300 g/mol. The van der Waals surface area contributed by atoms with Gasteiger partial charge in [-0.2, -0.15) is 5.26 Å². The lowest BCUT2D eigenvalue weighted by Crippen LogP contribution is -2.50. The molecule has 0 bridgehead atoms. The first-order valence-electron chi connectivity index (χ1n) is 7.63. The van der Waals surface area contributed by atoms with Gasteiger partial charge in [-0.15, -0.1) is 0 Å². The summed E-state index contributed by atoms with van der Waals surface area (Å²) in [5, 5.41) is 8.78. The molecule has 0 aromatic carbocycles. The number of anilines is 1. The van der Waals surface area contributed by atoms with Crippen molar-refractivity contribution >= 4 is 15.5 Å². The fourth-order valence-electron chi connectivity index (χ4n) is 3.22. The van der Waals surface area contributed by atoms with Gasteiger partial charge in [0.05, 0.1) is 23.4 Å². The maximum absolute atomic E-state index is 11.5. The minimum Gasteiger partial charge on any atom is -0.370 e. The smallest absolute Gasteiger partial charge is 0.152 e. The summed E-state index contributed by atoms with van der Waals surface area (Å²) in [6.45, 7) is 3.24. The van der Waals surface area contributed by atoms with Gasteiger partial charge in [0.25, 0.3) is 0 Å². The van der Waals surface area contributed by atoms with Crippen molar-refractivity contribution in [1.29, 1.82) is 5.26 Å². The largest absolute Gasteiger partial charge is 0.370 e. The van der Waals surface area contributed by atoms with Crippen molar-refractivity contribution in [2.45, 2.75) is 18.9 Å². The highest BCUT2D eigenvalue weighted by atomic mass is 32.2. The number of rotatable bonds is 2. The molecule has 0 N–H and O–H groups in total. The lowest BCUT2D eigenvalue weighted by molar-refractivity contribution is 0.182. The molecule has 0 saturated carbocycles. The zero-order valence-electron chi connectivity index (χ0n) is 12.5. The van der Waals surface area contributed by atoms with Crippen LogP contribution in [-0.2, 0) is 9.84 Å². The van der Waals surface area contributed by atoms with Crippen LogP contribution in [0.1, 0.15) is 18.5 Å². The van der Waals surface area contributed by atoms with Gasteiger partial charge in [-0.05, 0) is 25.0 Å². The highest BCUT2D eigenvalue weighted by molar-refractivity contribution is 7.91. The molecule has 0 aliphatic carbocycles. The first-order valence-corrected chi connectivity index (χ1v) is 9.45. The lowest BCUT2D eigenvalue weighted by atomic mass is 10.0. The molecule has 0 unspecified atom stereocenters. The second-order valence-electron chi connectivity index (χ2n) is 5.92. The van der Waals surface area contributed by atoms with Crippen LogP contribution in [0.4, 0.5) is 5.69 Å². The second-order valence-corrected chi connectivity index (χ2v) is 8.22.